The maximum atomic E-state index is 10.7. The van der Waals surface area contributed by atoms with Crippen molar-refractivity contribution in [2.45, 2.75) is 20.3 Å². The van der Waals surface area contributed by atoms with Crippen LogP contribution in [0.4, 0.5) is 17.1 Å². The summed E-state index contributed by atoms with van der Waals surface area (Å²) in [5.41, 5.74) is 3.66. The Labute approximate surface area is 100 Å². The Morgan fingerprint density at radius 3 is 2.53 bits per heavy atom. The second-order valence-corrected chi connectivity index (χ2v) is 4.28. The van der Waals surface area contributed by atoms with Gasteiger partial charge in [0.1, 0.15) is 0 Å². The number of nitrogens with two attached hydrogens (primary N) is 1. The molecule has 1 rings (SSSR count). The molecule has 0 radical (unpaired) electrons. The number of hydrogen-bond donors (Lipinski definition) is 3. The second-order valence-electron chi connectivity index (χ2n) is 4.28. The van der Waals surface area contributed by atoms with Gasteiger partial charge in [-0.25, -0.2) is 0 Å². The summed E-state index contributed by atoms with van der Waals surface area (Å²) in [6.45, 7) is 5.03. The van der Waals surface area contributed by atoms with E-state index in [9.17, 15) is 10.1 Å². The van der Waals surface area contributed by atoms with Crippen LogP contribution in [0.2, 0.25) is 0 Å². The van der Waals surface area contributed by atoms with Crippen LogP contribution < -0.4 is 16.6 Å². The Morgan fingerprint density at radius 1 is 1.35 bits per heavy atom. The first-order valence-corrected chi connectivity index (χ1v) is 5.53. The molecule has 0 aliphatic carbocycles. The molecule has 4 N–H and O–H groups in total. The van der Waals surface area contributed by atoms with Gasteiger partial charge < -0.3 is 10.7 Å². The number of nitro benzene ring substituents is 1. The van der Waals surface area contributed by atoms with Crippen LogP contribution in [-0.4, -0.2) is 11.5 Å². The highest BCUT2D eigenvalue weighted by Crippen LogP contribution is 2.23. The molecule has 6 heteroatoms. The minimum absolute atomic E-state index is 0.0208. The van der Waals surface area contributed by atoms with Crippen molar-refractivity contribution in [1.82, 2.24) is 0 Å². The van der Waals surface area contributed by atoms with Gasteiger partial charge in [-0.1, -0.05) is 13.8 Å². The van der Waals surface area contributed by atoms with Crippen LogP contribution in [-0.2, 0) is 0 Å². The van der Waals surface area contributed by atoms with Gasteiger partial charge >= 0.3 is 0 Å². The maximum absolute atomic E-state index is 10.7. The summed E-state index contributed by atoms with van der Waals surface area (Å²) in [5, 5.41) is 13.9. The fourth-order valence-corrected chi connectivity index (χ4v) is 1.41. The molecule has 0 spiro atoms. The van der Waals surface area contributed by atoms with E-state index in [1.165, 1.54) is 12.1 Å². The molecule has 0 fully saturated rings. The molecule has 0 unspecified atom stereocenters. The highest BCUT2D eigenvalue weighted by atomic mass is 16.6. The molecule has 0 heterocycles. The van der Waals surface area contributed by atoms with Crippen LogP contribution in [0.3, 0.4) is 0 Å². The lowest BCUT2D eigenvalue weighted by atomic mass is 10.1. The van der Waals surface area contributed by atoms with Crippen molar-refractivity contribution >= 4 is 17.1 Å². The van der Waals surface area contributed by atoms with Gasteiger partial charge in [-0.05, 0) is 18.4 Å². The van der Waals surface area contributed by atoms with Crippen molar-refractivity contribution in [2.75, 3.05) is 17.3 Å². The molecule has 0 saturated heterocycles. The van der Waals surface area contributed by atoms with E-state index in [1.54, 1.807) is 6.07 Å². The van der Waals surface area contributed by atoms with Crippen molar-refractivity contribution in [3.8, 4) is 0 Å². The molecular weight excluding hydrogens is 220 g/mol. The van der Waals surface area contributed by atoms with Gasteiger partial charge in [-0.15, -0.1) is 0 Å². The number of non-ortho nitro benzene ring substituents is 1. The van der Waals surface area contributed by atoms with Gasteiger partial charge in [0.2, 0.25) is 0 Å². The van der Waals surface area contributed by atoms with E-state index in [4.69, 9.17) is 5.84 Å². The predicted molar refractivity (Wildman–Crippen MR) is 68.9 cm³/mol. The van der Waals surface area contributed by atoms with Gasteiger partial charge in [0.15, 0.2) is 0 Å². The molecule has 1 aromatic rings. The van der Waals surface area contributed by atoms with Gasteiger partial charge in [0, 0.05) is 24.4 Å². The van der Waals surface area contributed by atoms with E-state index < -0.39 is 4.92 Å². The van der Waals surface area contributed by atoms with Crippen LogP contribution in [0.1, 0.15) is 20.3 Å². The first kappa shape index (κ1) is 13.2. The van der Waals surface area contributed by atoms with Crippen LogP contribution in [0, 0.1) is 16.0 Å². The predicted octanol–water partition coefficient (Wildman–Crippen LogP) is 2.34. The molecule has 17 heavy (non-hydrogen) atoms. The van der Waals surface area contributed by atoms with Crippen LogP contribution in [0.15, 0.2) is 18.2 Å². The van der Waals surface area contributed by atoms with Crippen molar-refractivity contribution in [3.05, 3.63) is 28.3 Å². The third-order valence-corrected chi connectivity index (χ3v) is 2.35. The number of hydrogen-bond acceptors (Lipinski definition) is 5. The molecule has 0 bridgehead atoms. The molecule has 0 aliphatic heterocycles. The molecule has 94 valence electrons. The van der Waals surface area contributed by atoms with E-state index in [0.717, 1.165) is 13.0 Å². The molecule has 0 aliphatic rings. The van der Waals surface area contributed by atoms with E-state index in [-0.39, 0.29) is 5.69 Å². The highest BCUT2D eigenvalue weighted by molar-refractivity contribution is 5.63. The largest absolute Gasteiger partial charge is 0.385 e. The molecule has 0 aromatic heterocycles. The van der Waals surface area contributed by atoms with E-state index >= 15 is 0 Å². The number of nitrogen functional groups attached to an aromatic ring is 1. The topological polar surface area (TPSA) is 93.2 Å². The van der Waals surface area contributed by atoms with E-state index in [2.05, 4.69) is 24.6 Å². The Kier molecular flexibility index (Phi) is 4.71. The molecule has 0 saturated carbocycles. The lowest BCUT2D eigenvalue weighted by Crippen LogP contribution is -2.09. The normalized spacial score (nSPS) is 10.4. The smallest absolute Gasteiger partial charge is 0.273 e. The van der Waals surface area contributed by atoms with Gasteiger partial charge in [0.25, 0.3) is 5.69 Å². The number of anilines is 2. The number of benzene rings is 1. The Hall–Kier alpha value is -1.82. The Bertz CT molecular complexity index is 393. The van der Waals surface area contributed by atoms with Crippen molar-refractivity contribution in [2.24, 2.45) is 11.8 Å². The quantitative estimate of drug-likeness (QED) is 0.402. The number of rotatable bonds is 6. The van der Waals surface area contributed by atoms with Crippen LogP contribution in [0.25, 0.3) is 0 Å². The van der Waals surface area contributed by atoms with Crippen molar-refractivity contribution in [3.63, 3.8) is 0 Å². The molecule has 6 nitrogen and oxygen atoms in total. The minimum atomic E-state index is -0.436. The number of nitro groups is 1. The van der Waals surface area contributed by atoms with Gasteiger partial charge in [-0.3, -0.25) is 16.0 Å². The number of nitrogens with zero attached hydrogens (tertiary/aromatic N) is 1. The van der Waals surface area contributed by atoms with Gasteiger partial charge in [0.05, 0.1) is 10.6 Å². The highest BCUT2D eigenvalue weighted by Gasteiger charge is 2.09. The summed E-state index contributed by atoms with van der Waals surface area (Å²) in [6.07, 6.45) is 1.01. The first-order valence-electron chi connectivity index (χ1n) is 5.53. The zero-order valence-electron chi connectivity index (χ0n) is 10.1. The first-order chi connectivity index (χ1) is 8.02. The van der Waals surface area contributed by atoms with Crippen LogP contribution in [0.5, 0.6) is 0 Å². The van der Waals surface area contributed by atoms with Crippen LogP contribution >= 0.6 is 0 Å². The monoisotopic (exact) mass is 238 g/mol. The molecule has 1 aromatic carbocycles. The summed E-state index contributed by atoms with van der Waals surface area (Å²) in [7, 11) is 0. The van der Waals surface area contributed by atoms with Crippen molar-refractivity contribution in [1.29, 1.82) is 0 Å². The summed E-state index contributed by atoms with van der Waals surface area (Å²) in [4.78, 5) is 10.3. The summed E-state index contributed by atoms with van der Waals surface area (Å²) in [5.74, 6) is 5.86. The number of nitrogens with one attached hydrogen (secondary N) is 2. The zero-order chi connectivity index (χ0) is 12.8. The number of hydrazine groups is 1. The average Bonchev–Trinajstić information content (AvgIpc) is 2.28. The van der Waals surface area contributed by atoms with Gasteiger partial charge in [-0.2, -0.15) is 0 Å². The summed E-state index contributed by atoms with van der Waals surface area (Å²) < 4.78 is 0. The van der Waals surface area contributed by atoms with Crippen molar-refractivity contribution < 1.29 is 4.92 Å². The Balaban J connectivity index is 2.76. The Morgan fingerprint density at radius 2 is 2.00 bits per heavy atom. The fraction of sp³-hybridized carbons (Fsp3) is 0.455. The van der Waals surface area contributed by atoms with E-state index in [1.807, 2.05) is 0 Å². The lowest BCUT2D eigenvalue weighted by Gasteiger charge is -2.09. The minimum Gasteiger partial charge on any atom is -0.385 e. The average molecular weight is 238 g/mol. The molecular formula is C11H18N4O2. The fourth-order valence-electron chi connectivity index (χ4n) is 1.41. The summed E-state index contributed by atoms with van der Waals surface area (Å²) >= 11 is 0. The maximum Gasteiger partial charge on any atom is 0.273 e. The standard InChI is InChI=1S/C11H18N4O2/c1-8(2)3-4-13-9-5-10(14-12)7-11(6-9)15(16)17/h5-8,13-14H,3-4,12H2,1-2H3. The SMILES string of the molecule is CC(C)CCNc1cc(NN)cc([N+](=O)[O-])c1. The third-order valence-electron chi connectivity index (χ3n) is 2.35. The third kappa shape index (κ3) is 4.28. The molecule has 0 atom stereocenters. The summed E-state index contributed by atoms with van der Waals surface area (Å²) in [6, 6.07) is 4.64. The zero-order valence-corrected chi connectivity index (χ0v) is 10.1. The second kappa shape index (κ2) is 6.05. The van der Waals surface area contributed by atoms with E-state index in [0.29, 0.717) is 17.3 Å². The lowest BCUT2D eigenvalue weighted by molar-refractivity contribution is -0.384. The molecule has 0 amide bonds.